The number of anilines is 2. The minimum atomic E-state index is -4.48. The molecule has 0 aromatic heterocycles. The number of alkyl halides is 3. The van der Waals surface area contributed by atoms with Crippen LogP contribution < -0.4 is 10.6 Å². The van der Waals surface area contributed by atoms with Crippen molar-refractivity contribution < 1.29 is 22.8 Å². The van der Waals surface area contributed by atoms with Gasteiger partial charge in [0.1, 0.15) is 5.71 Å². The second-order valence-corrected chi connectivity index (χ2v) is 9.15. The van der Waals surface area contributed by atoms with E-state index in [2.05, 4.69) is 10.6 Å². The van der Waals surface area contributed by atoms with Crippen molar-refractivity contribution in [3.05, 3.63) is 131 Å². The Kier molecular flexibility index (Phi) is 8.63. The van der Waals surface area contributed by atoms with E-state index in [-0.39, 0.29) is 17.3 Å². The molecule has 0 heterocycles. The van der Waals surface area contributed by atoms with Crippen molar-refractivity contribution in [2.45, 2.75) is 19.3 Å². The maximum Gasteiger partial charge on any atom is 0.416 e. The third kappa shape index (κ3) is 7.13. The van der Waals surface area contributed by atoms with Crippen molar-refractivity contribution >= 4 is 28.9 Å². The van der Waals surface area contributed by atoms with Crippen LogP contribution in [0.3, 0.4) is 0 Å². The molecule has 9 heteroatoms. The Balaban J connectivity index is 1.37. The summed E-state index contributed by atoms with van der Waals surface area (Å²) in [6, 6.07) is 27.7. The van der Waals surface area contributed by atoms with E-state index >= 15 is 0 Å². The third-order valence-electron chi connectivity index (χ3n) is 6.19. The molecule has 0 aliphatic carbocycles. The number of nitrogens with zero attached hydrogens (tertiary/aromatic N) is 1. The molecule has 0 aliphatic heterocycles. The molecule has 40 heavy (non-hydrogen) atoms. The predicted octanol–water partition coefficient (Wildman–Crippen LogP) is 6.60. The fourth-order valence-electron chi connectivity index (χ4n) is 4.03. The molecule has 0 atom stereocenters. The van der Waals surface area contributed by atoms with Crippen LogP contribution in [0.2, 0.25) is 0 Å². The van der Waals surface area contributed by atoms with Gasteiger partial charge in [-0.2, -0.15) is 13.2 Å². The normalized spacial score (nSPS) is 11.0. The summed E-state index contributed by atoms with van der Waals surface area (Å²) in [6.07, 6.45) is -4.48. The zero-order valence-electron chi connectivity index (χ0n) is 21.6. The molecule has 204 valence electrons. The Hall–Kier alpha value is -4.92. The van der Waals surface area contributed by atoms with E-state index in [0.717, 1.165) is 35.4 Å². The van der Waals surface area contributed by atoms with E-state index in [1.165, 1.54) is 0 Å². The summed E-state index contributed by atoms with van der Waals surface area (Å²) in [5.74, 6) is -0.849. The monoisotopic (exact) mass is 544 g/mol. The maximum absolute atomic E-state index is 12.8. The highest BCUT2D eigenvalue weighted by Gasteiger charge is 2.30. The van der Waals surface area contributed by atoms with Crippen LogP contribution in [0.4, 0.5) is 24.5 Å². The number of benzene rings is 4. The van der Waals surface area contributed by atoms with Crippen LogP contribution in [-0.4, -0.2) is 29.5 Å². The topological polar surface area (TPSA) is 85.3 Å². The predicted molar refractivity (Wildman–Crippen MR) is 149 cm³/mol. The summed E-state index contributed by atoms with van der Waals surface area (Å²) in [6.45, 7) is 0.872. The van der Waals surface area contributed by atoms with Crippen LogP contribution in [0, 0.1) is 5.41 Å². The zero-order valence-corrected chi connectivity index (χ0v) is 21.6. The standard InChI is InChI=1S/C31H27F3N4O2/c1-38(20-22-7-3-2-4-8-22)30(40)23-13-11-21(12-14-23)19-36-27-10-6-5-9-26(27)28(35)29(39)37-25-17-15-24(16-18-25)31(32,33)34/h2-18,35-36H,19-20H2,1H3,(H,37,39). The molecular formula is C31H27F3N4O2. The maximum atomic E-state index is 12.8. The number of hydrogen-bond donors (Lipinski definition) is 3. The molecule has 0 saturated carbocycles. The van der Waals surface area contributed by atoms with Gasteiger partial charge in [0.05, 0.1) is 5.56 Å². The van der Waals surface area contributed by atoms with Crippen LogP contribution in [0.1, 0.15) is 32.6 Å². The average molecular weight is 545 g/mol. The van der Waals surface area contributed by atoms with Crippen molar-refractivity contribution in [3.63, 3.8) is 0 Å². The summed E-state index contributed by atoms with van der Waals surface area (Å²) >= 11 is 0. The Morgan fingerprint density at radius 2 is 1.43 bits per heavy atom. The lowest BCUT2D eigenvalue weighted by molar-refractivity contribution is -0.137. The minimum absolute atomic E-state index is 0.0961. The number of carbonyl (C=O) groups excluding carboxylic acids is 2. The first kappa shape index (κ1) is 28.1. The molecule has 0 fully saturated rings. The quantitative estimate of drug-likeness (QED) is 0.208. The van der Waals surface area contributed by atoms with Crippen LogP contribution in [0.25, 0.3) is 0 Å². The molecule has 0 aliphatic rings. The molecule has 6 nitrogen and oxygen atoms in total. The van der Waals surface area contributed by atoms with Gasteiger partial charge in [-0.15, -0.1) is 0 Å². The lowest BCUT2D eigenvalue weighted by atomic mass is 10.1. The van der Waals surface area contributed by atoms with Gasteiger partial charge in [-0.1, -0.05) is 60.7 Å². The number of para-hydroxylation sites is 1. The molecule has 0 unspecified atom stereocenters. The molecule has 4 rings (SSSR count). The Labute approximate surface area is 230 Å². The Morgan fingerprint density at radius 3 is 2.08 bits per heavy atom. The van der Waals surface area contributed by atoms with Gasteiger partial charge >= 0.3 is 6.18 Å². The first-order chi connectivity index (χ1) is 19.1. The second-order valence-electron chi connectivity index (χ2n) is 9.15. The van der Waals surface area contributed by atoms with Gasteiger partial charge in [0.25, 0.3) is 11.8 Å². The summed E-state index contributed by atoms with van der Waals surface area (Å²) in [5.41, 5.74) is 2.34. The number of hydrogen-bond acceptors (Lipinski definition) is 4. The second kappa shape index (κ2) is 12.3. The van der Waals surface area contributed by atoms with Gasteiger partial charge in [0, 0.05) is 42.6 Å². The highest BCUT2D eigenvalue weighted by molar-refractivity contribution is 6.48. The molecule has 4 aromatic rings. The van der Waals surface area contributed by atoms with E-state index in [4.69, 9.17) is 5.41 Å². The Bertz CT molecular complexity index is 1490. The van der Waals surface area contributed by atoms with Gasteiger partial charge in [0.2, 0.25) is 0 Å². The number of nitrogens with one attached hydrogen (secondary N) is 3. The summed E-state index contributed by atoms with van der Waals surface area (Å²) in [5, 5.41) is 14.1. The summed E-state index contributed by atoms with van der Waals surface area (Å²) in [7, 11) is 1.75. The molecule has 2 amide bonds. The number of amides is 2. The van der Waals surface area contributed by atoms with Crippen LogP contribution in [0.5, 0.6) is 0 Å². The van der Waals surface area contributed by atoms with Crippen LogP contribution in [-0.2, 0) is 24.1 Å². The Morgan fingerprint density at radius 1 is 0.800 bits per heavy atom. The first-order valence-corrected chi connectivity index (χ1v) is 12.4. The fourth-order valence-corrected chi connectivity index (χ4v) is 4.03. The van der Waals surface area contributed by atoms with Crippen LogP contribution >= 0.6 is 0 Å². The van der Waals surface area contributed by atoms with Crippen molar-refractivity contribution in [1.29, 1.82) is 5.41 Å². The lowest BCUT2D eigenvalue weighted by Gasteiger charge is -2.18. The highest BCUT2D eigenvalue weighted by Crippen LogP contribution is 2.30. The van der Waals surface area contributed by atoms with E-state index in [1.54, 1.807) is 48.3 Å². The van der Waals surface area contributed by atoms with Gasteiger partial charge in [0.15, 0.2) is 0 Å². The van der Waals surface area contributed by atoms with E-state index in [9.17, 15) is 22.8 Å². The van der Waals surface area contributed by atoms with Gasteiger partial charge < -0.3 is 15.5 Å². The van der Waals surface area contributed by atoms with E-state index < -0.39 is 17.6 Å². The summed E-state index contributed by atoms with van der Waals surface area (Å²) in [4.78, 5) is 27.1. The number of carbonyl (C=O) groups is 2. The van der Waals surface area contributed by atoms with Gasteiger partial charge in [-0.25, -0.2) is 0 Å². The minimum Gasteiger partial charge on any atom is -0.380 e. The fraction of sp³-hybridized carbons (Fsp3) is 0.129. The largest absolute Gasteiger partial charge is 0.416 e. The van der Waals surface area contributed by atoms with Crippen molar-refractivity contribution in [2.75, 3.05) is 17.7 Å². The smallest absolute Gasteiger partial charge is 0.380 e. The SMILES string of the molecule is CN(Cc1ccccc1)C(=O)c1ccc(CNc2ccccc2C(=N)C(=O)Nc2ccc(C(F)(F)F)cc2)cc1. The zero-order chi connectivity index (χ0) is 28.7. The van der Waals surface area contributed by atoms with Crippen molar-refractivity contribution in [3.8, 4) is 0 Å². The molecule has 4 aromatic carbocycles. The molecule has 0 spiro atoms. The van der Waals surface area contributed by atoms with Crippen molar-refractivity contribution in [1.82, 2.24) is 4.90 Å². The van der Waals surface area contributed by atoms with E-state index in [1.807, 2.05) is 42.5 Å². The van der Waals surface area contributed by atoms with Gasteiger partial charge in [-0.3, -0.25) is 15.0 Å². The molecule has 3 N–H and O–H groups in total. The highest BCUT2D eigenvalue weighted by atomic mass is 19.4. The third-order valence-corrected chi connectivity index (χ3v) is 6.19. The van der Waals surface area contributed by atoms with Crippen molar-refractivity contribution in [2.24, 2.45) is 0 Å². The number of rotatable bonds is 9. The average Bonchev–Trinajstić information content (AvgIpc) is 2.96. The number of halogens is 3. The summed E-state index contributed by atoms with van der Waals surface area (Å²) < 4.78 is 38.4. The molecule has 0 radical (unpaired) electrons. The molecule has 0 bridgehead atoms. The van der Waals surface area contributed by atoms with Gasteiger partial charge in [-0.05, 0) is 53.6 Å². The first-order valence-electron chi connectivity index (χ1n) is 12.4. The molecular weight excluding hydrogens is 517 g/mol. The van der Waals surface area contributed by atoms with Crippen LogP contribution in [0.15, 0.2) is 103 Å². The molecule has 0 saturated heterocycles. The lowest BCUT2D eigenvalue weighted by Crippen LogP contribution is -2.26. The van der Waals surface area contributed by atoms with E-state index in [0.29, 0.717) is 29.9 Å².